The third-order valence-corrected chi connectivity index (χ3v) is 4.10. The van der Waals surface area contributed by atoms with Gasteiger partial charge in [0.05, 0.1) is 0 Å². The molecule has 1 aliphatic carbocycles. The first-order chi connectivity index (χ1) is 7.20. The van der Waals surface area contributed by atoms with Crippen LogP contribution in [0.15, 0.2) is 0 Å². The fourth-order valence-corrected chi connectivity index (χ4v) is 2.93. The number of nitrogens with two attached hydrogens (primary N) is 1. The smallest absolute Gasteiger partial charge is 0.0157 e. The lowest BCUT2D eigenvalue weighted by molar-refractivity contribution is 0.365. The van der Waals surface area contributed by atoms with Gasteiger partial charge in [0.25, 0.3) is 0 Å². The van der Waals surface area contributed by atoms with E-state index in [1.54, 1.807) is 0 Å². The predicted molar refractivity (Wildman–Crippen MR) is 67.9 cm³/mol. The SMILES string of the molecule is CCCCCCCC1(N)CCC(CC)C1. The van der Waals surface area contributed by atoms with Gasteiger partial charge < -0.3 is 5.73 Å². The van der Waals surface area contributed by atoms with Gasteiger partial charge in [0.1, 0.15) is 0 Å². The molecule has 0 aromatic heterocycles. The molecule has 1 heteroatoms. The van der Waals surface area contributed by atoms with Crippen LogP contribution in [0.2, 0.25) is 0 Å². The monoisotopic (exact) mass is 211 g/mol. The van der Waals surface area contributed by atoms with Crippen LogP contribution in [0.4, 0.5) is 0 Å². The van der Waals surface area contributed by atoms with Crippen molar-refractivity contribution in [1.29, 1.82) is 0 Å². The molecule has 1 rings (SSSR count). The molecule has 2 atom stereocenters. The minimum atomic E-state index is 0.215. The molecule has 0 saturated heterocycles. The number of rotatable bonds is 7. The Hall–Kier alpha value is -0.0400. The highest BCUT2D eigenvalue weighted by Crippen LogP contribution is 2.37. The Morgan fingerprint density at radius 2 is 1.87 bits per heavy atom. The Morgan fingerprint density at radius 1 is 1.13 bits per heavy atom. The fourth-order valence-electron chi connectivity index (χ4n) is 2.93. The normalized spacial score (nSPS) is 31.0. The second kappa shape index (κ2) is 6.52. The van der Waals surface area contributed by atoms with Crippen molar-refractivity contribution in [2.24, 2.45) is 11.7 Å². The molecule has 0 aliphatic heterocycles. The van der Waals surface area contributed by atoms with Crippen molar-refractivity contribution in [2.45, 2.75) is 83.6 Å². The minimum Gasteiger partial charge on any atom is -0.325 e. The molecule has 0 heterocycles. The molecule has 0 spiro atoms. The van der Waals surface area contributed by atoms with Crippen LogP contribution in [0.25, 0.3) is 0 Å². The van der Waals surface area contributed by atoms with Gasteiger partial charge >= 0.3 is 0 Å². The molecular weight excluding hydrogens is 182 g/mol. The minimum absolute atomic E-state index is 0.215. The Balaban J connectivity index is 2.10. The first-order valence-electron chi connectivity index (χ1n) is 6.99. The second-order valence-corrected chi connectivity index (χ2v) is 5.54. The average molecular weight is 211 g/mol. The summed E-state index contributed by atoms with van der Waals surface area (Å²) in [4.78, 5) is 0. The van der Waals surface area contributed by atoms with Crippen LogP contribution < -0.4 is 5.73 Å². The predicted octanol–water partition coefficient (Wildman–Crippen LogP) is 4.25. The summed E-state index contributed by atoms with van der Waals surface area (Å²) >= 11 is 0. The van der Waals surface area contributed by atoms with E-state index >= 15 is 0 Å². The Labute approximate surface area is 95.8 Å². The van der Waals surface area contributed by atoms with Crippen molar-refractivity contribution < 1.29 is 0 Å². The van der Waals surface area contributed by atoms with Gasteiger partial charge in [-0.3, -0.25) is 0 Å². The fraction of sp³-hybridized carbons (Fsp3) is 1.00. The van der Waals surface area contributed by atoms with E-state index < -0.39 is 0 Å². The second-order valence-electron chi connectivity index (χ2n) is 5.54. The van der Waals surface area contributed by atoms with Crippen LogP contribution in [0.3, 0.4) is 0 Å². The first-order valence-corrected chi connectivity index (χ1v) is 6.99. The molecule has 1 saturated carbocycles. The molecule has 0 amide bonds. The highest BCUT2D eigenvalue weighted by Gasteiger charge is 2.33. The molecule has 2 unspecified atom stereocenters. The van der Waals surface area contributed by atoms with E-state index in [1.807, 2.05) is 0 Å². The number of hydrogen-bond acceptors (Lipinski definition) is 1. The Kier molecular flexibility index (Phi) is 5.66. The lowest BCUT2D eigenvalue weighted by Gasteiger charge is -2.24. The lowest BCUT2D eigenvalue weighted by Crippen LogP contribution is -2.36. The third-order valence-electron chi connectivity index (χ3n) is 4.10. The largest absolute Gasteiger partial charge is 0.325 e. The molecule has 0 aromatic carbocycles. The van der Waals surface area contributed by atoms with Gasteiger partial charge in [-0.15, -0.1) is 0 Å². The van der Waals surface area contributed by atoms with E-state index in [4.69, 9.17) is 5.73 Å². The van der Waals surface area contributed by atoms with Crippen molar-refractivity contribution in [3.05, 3.63) is 0 Å². The molecular formula is C14H29N. The Morgan fingerprint density at radius 3 is 2.47 bits per heavy atom. The third kappa shape index (κ3) is 4.55. The van der Waals surface area contributed by atoms with E-state index in [0.29, 0.717) is 0 Å². The maximum absolute atomic E-state index is 6.44. The highest BCUT2D eigenvalue weighted by molar-refractivity contribution is 4.92. The van der Waals surface area contributed by atoms with E-state index in [2.05, 4.69) is 13.8 Å². The molecule has 1 aliphatic rings. The van der Waals surface area contributed by atoms with Gasteiger partial charge in [0.2, 0.25) is 0 Å². The van der Waals surface area contributed by atoms with Crippen molar-refractivity contribution >= 4 is 0 Å². The van der Waals surface area contributed by atoms with Gasteiger partial charge in [-0.25, -0.2) is 0 Å². The molecule has 1 fully saturated rings. The summed E-state index contributed by atoms with van der Waals surface area (Å²) in [5.41, 5.74) is 6.65. The molecule has 0 radical (unpaired) electrons. The summed E-state index contributed by atoms with van der Waals surface area (Å²) < 4.78 is 0. The van der Waals surface area contributed by atoms with Crippen molar-refractivity contribution in [3.8, 4) is 0 Å². The molecule has 90 valence electrons. The zero-order valence-electron chi connectivity index (χ0n) is 10.7. The molecule has 0 bridgehead atoms. The Bertz CT molecular complexity index is 167. The molecule has 1 nitrogen and oxygen atoms in total. The van der Waals surface area contributed by atoms with Crippen LogP contribution >= 0.6 is 0 Å². The van der Waals surface area contributed by atoms with Crippen LogP contribution in [-0.2, 0) is 0 Å². The number of unbranched alkanes of at least 4 members (excludes halogenated alkanes) is 4. The summed E-state index contributed by atoms with van der Waals surface area (Å²) in [5.74, 6) is 0.922. The van der Waals surface area contributed by atoms with E-state index in [0.717, 1.165) is 5.92 Å². The summed E-state index contributed by atoms with van der Waals surface area (Å²) in [7, 11) is 0. The van der Waals surface area contributed by atoms with Gasteiger partial charge in [0, 0.05) is 5.54 Å². The van der Waals surface area contributed by atoms with Crippen LogP contribution in [0.1, 0.15) is 78.1 Å². The van der Waals surface area contributed by atoms with Crippen LogP contribution in [-0.4, -0.2) is 5.54 Å². The van der Waals surface area contributed by atoms with Gasteiger partial charge in [-0.05, 0) is 31.6 Å². The zero-order chi connectivity index (χ0) is 11.1. The number of hydrogen-bond donors (Lipinski definition) is 1. The maximum Gasteiger partial charge on any atom is 0.0157 e. The highest BCUT2D eigenvalue weighted by atomic mass is 14.8. The van der Waals surface area contributed by atoms with Gasteiger partial charge in [-0.1, -0.05) is 52.4 Å². The standard InChI is InChI=1S/C14H29N/c1-3-5-6-7-8-10-14(15)11-9-13(4-2)12-14/h13H,3-12,15H2,1-2H3. The van der Waals surface area contributed by atoms with E-state index in [1.165, 1.54) is 64.2 Å². The molecule has 2 N–H and O–H groups in total. The van der Waals surface area contributed by atoms with Crippen molar-refractivity contribution in [2.75, 3.05) is 0 Å². The lowest BCUT2D eigenvalue weighted by atomic mass is 9.90. The quantitative estimate of drug-likeness (QED) is 0.626. The summed E-state index contributed by atoms with van der Waals surface area (Å²) in [6, 6.07) is 0. The zero-order valence-corrected chi connectivity index (χ0v) is 10.7. The van der Waals surface area contributed by atoms with E-state index in [-0.39, 0.29) is 5.54 Å². The topological polar surface area (TPSA) is 26.0 Å². The summed E-state index contributed by atoms with van der Waals surface area (Å²) in [6.07, 6.45) is 13.4. The molecule has 0 aromatic rings. The summed E-state index contributed by atoms with van der Waals surface area (Å²) in [5, 5.41) is 0. The molecule has 15 heavy (non-hydrogen) atoms. The van der Waals surface area contributed by atoms with Crippen molar-refractivity contribution in [3.63, 3.8) is 0 Å². The van der Waals surface area contributed by atoms with E-state index in [9.17, 15) is 0 Å². The van der Waals surface area contributed by atoms with Gasteiger partial charge in [-0.2, -0.15) is 0 Å². The average Bonchev–Trinajstić information content (AvgIpc) is 2.61. The van der Waals surface area contributed by atoms with Crippen molar-refractivity contribution in [1.82, 2.24) is 0 Å². The first kappa shape index (κ1) is 13.0. The van der Waals surface area contributed by atoms with Crippen LogP contribution in [0.5, 0.6) is 0 Å². The van der Waals surface area contributed by atoms with Crippen LogP contribution in [0, 0.1) is 5.92 Å². The maximum atomic E-state index is 6.44. The summed E-state index contributed by atoms with van der Waals surface area (Å²) in [6.45, 7) is 4.57. The van der Waals surface area contributed by atoms with Gasteiger partial charge in [0.15, 0.2) is 0 Å².